The predicted octanol–water partition coefficient (Wildman–Crippen LogP) is 4.61. The molecule has 3 aliphatic carbocycles. The Hall–Kier alpha value is -2.17. The van der Waals surface area contributed by atoms with Crippen LogP contribution in [0.4, 0.5) is 0 Å². The molecule has 4 heteroatoms. The SMILES string of the molecule is CN(CCCc1nc2ccccc2[nH]1)CC[C@@]1(O)C[C@H]2CC[C@@H]1c1ccccc12. The van der Waals surface area contributed by atoms with Gasteiger partial charge in [-0.3, -0.25) is 0 Å². The summed E-state index contributed by atoms with van der Waals surface area (Å²) < 4.78 is 0. The Morgan fingerprint density at radius 2 is 1.86 bits per heavy atom. The summed E-state index contributed by atoms with van der Waals surface area (Å²) in [5.41, 5.74) is 4.53. The van der Waals surface area contributed by atoms with Gasteiger partial charge in [0.2, 0.25) is 0 Å². The maximum Gasteiger partial charge on any atom is 0.107 e. The van der Waals surface area contributed by atoms with Gasteiger partial charge in [-0.2, -0.15) is 0 Å². The number of para-hydroxylation sites is 2. The fraction of sp³-hybridized carbons (Fsp3) is 0.480. The van der Waals surface area contributed by atoms with Gasteiger partial charge in [0.1, 0.15) is 5.82 Å². The molecular formula is C25H31N3O. The molecule has 2 aromatic carbocycles. The number of nitrogens with zero attached hydrogens (tertiary/aromatic N) is 2. The summed E-state index contributed by atoms with van der Waals surface area (Å²) in [7, 11) is 2.18. The molecule has 1 aromatic heterocycles. The van der Waals surface area contributed by atoms with E-state index < -0.39 is 5.60 Å². The number of nitrogens with one attached hydrogen (secondary N) is 1. The molecule has 0 spiro atoms. The van der Waals surface area contributed by atoms with E-state index in [1.54, 1.807) is 0 Å². The van der Waals surface area contributed by atoms with E-state index in [0.29, 0.717) is 11.8 Å². The highest BCUT2D eigenvalue weighted by atomic mass is 16.3. The monoisotopic (exact) mass is 389 g/mol. The molecule has 29 heavy (non-hydrogen) atoms. The number of hydrogen-bond donors (Lipinski definition) is 2. The maximum absolute atomic E-state index is 11.5. The summed E-state index contributed by atoms with van der Waals surface area (Å²) in [6.45, 7) is 1.97. The van der Waals surface area contributed by atoms with E-state index in [-0.39, 0.29) is 0 Å². The van der Waals surface area contributed by atoms with Gasteiger partial charge in [0.15, 0.2) is 0 Å². The molecule has 2 bridgehead atoms. The van der Waals surface area contributed by atoms with E-state index >= 15 is 0 Å². The second-order valence-corrected chi connectivity index (χ2v) is 9.12. The van der Waals surface area contributed by atoms with Crippen LogP contribution in [0.3, 0.4) is 0 Å². The van der Waals surface area contributed by atoms with Crippen molar-refractivity contribution in [2.24, 2.45) is 0 Å². The van der Waals surface area contributed by atoms with Gasteiger partial charge in [0, 0.05) is 18.9 Å². The van der Waals surface area contributed by atoms with Gasteiger partial charge in [-0.1, -0.05) is 36.4 Å². The average Bonchev–Trinajstić information content (AvgIpc) is 3.16. The van der Waals surface area contributed by atoms with Gasteiger partial charge in [-0.05, 0) is 74.9 Å². The van der Waals surface area contributed by atoms with Crippen molar-refractivity contribution in [1.29, 1.82) is 0 Å². The molecular weight excluding hydrogens is 358 g/mol. The van der Waals surface area contributed by atoms with Crippen LogP contribution in [-0.2, 0) is 6.42 Å². The first-order chi connectivity index (χ1) is 14.1. The molecule has 2 N–H and O–H groups in total. The van der Waals surface area contributed by atoms with Crippen LogP contribution in [0, 0.1) is 0 Å². The molecule has 1 saturated carbocycles. The summed E-state index contributed by atoms with van der Waals surface area (Å²) in [5.74, 6) is 1.92. The lowest BCUT2D eigenvalue weighted by molar-refractivity contribution is -0.0452. The van der Waals surface area contributed by atoms with E-state index in [9.17, 15) is 5.11 Å². The normalized spacial score (nSPS) is 25.6. The van der Waals surface area contributed by atoms with E-state index in [4.69, 9.17) is 0 Å². The minimum absolute atomic E-state index is 0.313. The summed E-state index contributed by atoms with van der Waals surface area (Å²) in [6, 6.07) is 17.0. The van der Waals surface area contributed by atoms with Gasteiger partial charge in [-0.25, -0.2) is 4.98 Å². The second kappa shape index (κ2) is 7.58. The number of benzene rings is 2. The standard InChI is InChI=1S/C25H31N3O/c1-28(15-6-11-24-26-22-9-4-5-10-23(22)27-24)16-14-25(29)17-18-12-13-21(25)20-8-3-2-7-19(18)20/h2-5,7-10,18,21,29H,6,11-17H2,1H3,(H,26,27)/t18-,21-,25-/m1/s1. The largest absolute Gasteiger partial charge is 0.389 e. The molecule has 3 aromatic rings. The zero-order valence-electron chi connectivity index (χ0n) is 17.3. The third-order valence-corrected chi connectivity index (χ3v) is 7.18. The lowest BCUT2D eigenvalue weighted by Gasteiger charge is -2.50. The smallest absolute Gasteiger partial charge is 0.107 e. The van der Waals surface area contributed by atoms with E-state index in [1.165, 1.54) is 17.5 Å². The molecule has 0 amide bonds. The number of rotatable bonds is 7. The first-order valence-electron chi connectivity index (χ1n) is 11.1. The topological polar surface area (TPSA) is 52.2 Å². The molecule has 0 aliphatic heterocycles. The summed E-state index contributed by atoms with van der Waals surface area (Å²) in [4.78, 5) is 10.5. The van der Waals surface area contributed by atoms with Gasteiger partial charge in [0.05, 0.1) is 16.6 Å². The fourth-order valence-corrected chi connectivity index (χ4v) is 5.63. The molecule has 1 fully saturated rings. The van der Waals surface area contributed by atoms with Gasteiger partial charge < -0.3 is 15.0 Å². The Labute approximate surface area is 173 Å². The van der Waals surface area contributed by atoms with Crippen LogP contribution in [0.25, 0.3) is 11.0 Å². The average molecular weight is 390 g/mol. The van der Waals surface area contributed by atoms with Crippen molar-refractivity contribution in [3.8, 4) is 0 Å². The van der Waals surface area contributed by atoms with Crippen LogP contribution in [0.1, 0.15) is 60.9 Å². The van der Waals surface area contributed by atoms with Crippen molar-refractivity contribution in [3.63, 3.8) is 0 Å². The van der Waals surface area contributed by atoms with Crippen molar-refractivity contribution < 1.29 is 5.11 Å². The number of H-pyrrole nitrogens is 1. The highest BCUT2D eigenvalue weighted by Gasteiger charge is 2.48. The third kappa shape index (κ3) is 3.60. The van der Waals surface area contributed by atoms with E-state index in [1.807, 2.05) is 12.1 Å². The second-order valence-electron chi connectivity index (χ2n) is 9.12. The van der Waals surface area contributed by atoms with Crippen molar-refractivity contribution in [1.82, 2.24) is 14.9 Å². The Bertz CT molecular complexity index is 963. The third-order valence-electron chi connectivity index (χ3n) is 7.18. The number of aryl methyl sites for hydroxylation is 1. The van der Waals surface area contributed by atoms with Crippen molar-refractivity contribution in [2.75, 3.05) is 20.1 Å². The Balaban J connectivity index is 1.14. The molecule has 0 saturated heterocycles. The minimum Gasteiger partial charge on any atom is -0.389 e. The number of hydrogen-bond acceptors (Lipinski definition) is 3. The molecule has 152 valence electrons. The van der Waals surface area contributed by atoms with Crippen LogP contribution >= 0.6 is 0 Å². The fourth-order valence-electron chi connectivity index (χ4n) is 5.63. The molecule has 0 radical (unpaired) electrons. The molecule has 0 unspecified atom stereocenters. The summed E-state index contributed by atoms with van der Waals surface area (Å²) >= 11 is 0. The lowest BCUT2D eigenvalue weighted by Crippen LogP contribution is -2.47. The molecule has 6 rings (SSSR count). The lowest BCUT2D eigenvalue weighted by atomic mass is 9.58. The summed E-state index contributed by atoms with van der Waals surface area (Å²) in [6.07, 6.45) is 6.20. The highest BCUT2D eigenvalue weighted by Crippen LogP contribution is 2.55. The van der Waals surface area contributed by atoms with Crippen LogP contribution in [-0.4, -0.2) is 45.7 Å². The van der Waals surface area contributed by atoms with Gasteiger partial charge in [-0.15, -0.1) is 0 Å². The minimum atomic E-state index is -0.537. The van der Waals surface area contributed by atoms with Crippen molar-refractivity contribution >= 4 is 11.0 Å². The number of aromatic nitrogens is 2. The van der Waals surface area contributed by atoms with E-state index in [2.05, 4.69) is 58.3 Å². The van der Waals surface area contributed by atoms with Crippen LogP contribution in [0.5, 0.6) is 0 Å². The highest BCUT2D eigenvalue weighted by molar-refractivity contribution is 5.74. The predicted molar refractivity (Wildman–Crippen MR) is 117 cm³/mol. The van der Waals surface area contributed by atoms with Crippen LogP contribution in [0.15, 0.2) is 48.5 Å². The molecule has 4 nitrogen and oxygen atoms in total. The first-order valence-corrected chi connectivity index (χ1v) is 11.1. The zero-order chi connectivity index (χ0) is 19.8. The first kappa shape index (κ1) is 18.8. The van der Waals surface area contributed by atoms with Crippen molar-refractivity contribution in [3.05, 3.63) is 65.5 Å². The number of aromatic amines is 1. The summed E-state index contributed by atoms with van der Waals surface area (Å²) in [5, 5.41) is 11.5. The number of imidazole rings is 1. The number of aliphatic hydroxyl groups is 1. The van der Waals surface area contributed by atoms with Crippen molar-refractivity contribution in [2.45, 2.75) is 56.0 Å². The molecule has 3 atom stereocenters. The maximum atomic E-state index is 11.5. The van der Waals surface area contributed by atoms with Crippen LogP contribution in [0.2, 0.25) is 0 Å². The van der Waals surface area contributed by atoms with Gasteiger partial charge in [0.25, 0.3) is 0 Å². The van der Waals surface area contributed by atoms with E-state index in [0.717, 1.165) is 62.1 Å². The quantitative estimate of drug-likeness (QED) is 0.620. The van der Waals surface area contributed by atoms with Gasteiger partial charge >= 0.3 is 0 Å². The Morgan fingerprint density at radius 3 is 2.72 bits per heavy atom. The molecule has 1 heterocycles. The zero-order valence-corrected chi connectivity index (χ0v) is 17.3. The number of fused-ring (bicyclic) bond motifs is 3. The molecule has 3 aliphatic rings. The Kier molecular flexibility index (Phi) is 4.92. The van der Waals surface area contributed by atoms with Crippen LogP contribution < -0.4 is 0 Å². The Morgan fingerprint density at radius 1 is 1.07 bits per heavy atom.